The summed E-state index contributed by atoms with van der Waals surface area (Å²) in [6.07, 6.45) is 1.99. The molecule has 3 nitrogen and oxygen atoms in total. The van der Waals surface area contributed by atoms with E-state index in [2.05, 4.69) is 54.5 Å². The van der Waals surface area contributed by atoms with Crippen LogP contribution in [0.25, 0.3) is 0 Å². The van der Waals surface area contributed by atoms with E-state index < -0.39 is 0 Å². The molecule has 0 aliphatic carbocycles. The van der Waals surface area contributed by atoms with Crippen molar-refractivity contribution in [1.29, 1.82) is 0 Å². The van der Waals surface area contributed by atoms with Gasteiger partial charge in [0.05, 0.1) is 13.2 Å². The maximum Gasteiger partial charge on any atom is 0.186 e. The molecule has 0 saturated heterocycles. The van der Waals surface area contributed by atoms with Crippen LogP contribution in [0.3, 0.4) is 0 Å². The van der Waals surface area contributed by atoms with Crippen molar-refractivity contribution in [2.45, 2.75) is 68.2 Å². The van der Waals surface area contributed by atoms with Crippen molar-refractivity contribution in [3.05, 3.63) is 52.1 Å². The van der Waals surface area contributed by atoms with E-state index in [1.54, 1.807) is 0 Å². The van der Waals surface area contributed by atoms with Gasteiger partial charge in [-0.1, -0.05) is 33.8 Å². The van der Waals surface area contributed by atoms with Crippen LogP contribution >= 0.6 is 8.58 Å². The molecule has 0 aromatic heterocycles. The van der Waals surface area contributed by atoms with Gasteiger partial charge in [0.1, 0.15) is 11.5 Å². The maximum atomic E-state index is 13.3. The Morgan fingerprint density at radius 1 is 0.844 bits per heavy atom. The van der Waals surface area contributed by atoms with Crippen LogP contribution < -0.4 is 14.8 Å². The van der Waals surface area contributed by atoms with Gasteiger partial charge in [0.25, 0.3) is 0 Å². The molecular formula is C27H39LiO3P. The minimum Gasteiger partial charge on any atom is -0.493 e. The molecule has 32 heavy (non-hydrogen) atoms. The summed E-state index contributed by atoms with van der Waals surface area (Å²) in [7, 11) is 0.0215. The van der Waals surface area contributed by atoms with Crippen molar-refractivity contribution in [2.75, 3.05) is 13.2 Å². The zero-order valence-electron chi connectivity index (χ0n) is 21.5. The number of hydrogen-bond acceptors (Lipinski definition) is 3. The van der Waals surface area contributed by atoms with Gasteiger partial charge in [0.15, 0.2) is 5.52 Å². The first-order valence-electron chi connectivity index (χ1n) is 11.4. The summed E-state index contributed by atoms with van der Waals surface area (Å²) >= 11 is 0. The van der Waals surface area contributed by atoms with Gasteiger partial charge >= 0.3 is 0 Å². The number of hydrogen-bond donors (Lipinski definition) is 0. The van der Waals surface area contributed by atoms with Crippen molar-refractivity contribution in [3.63, 3.8) is 0 Å². The van der Waals surface area contributed by atoms with Crippen LogP contribution in [0, 0.1) is 39.5 Å². The predicted octanol–water partition coefficient (Wildman–Crippen LogP) is 6.53. The SMILES string of the molecule is Cc1cc(C)c(C(=O)Pc2ccc(OCCC(C)C)cc2OCCC(C)C)c(C)c1C.[Li]. The van der Waals surface area contributed by atoms with Crippen molar-refractivity contribution in [1.82, 2.24) is 0 Å². The minimum atomic E-state index is 0. The van der Waals surface area contributed by atoms with Crippen LogP contribution in [-0.4, -0.2) is 37.6 Å². The summed E-state index contributed by atoms with van der Waals surface area (Å²) in [6.45, 7) is 18.4. The molecule has 5 heteroatoms. The number of rotatable bonds is 11. The number of aryl methyl sites for hydroxylation is 2. The Labute approximate surface area is 209 Å². The van der Waals surface area contributed by atoms with E-state index in [1.165, 1.54) is 11.1 Å². The minimum absolute atomic E-state index is 0. The van der Waals surface area contributed by atoms with E-state index >= 15 is 0 Å². The van der Waals surface area contributed by atoms with Crippen LogP contribution in [0.5, 0.6) is 11.5 Å². The second-order valence-corrected chi connectivity index (χ2v) is 10.6. The predicted molar refractivity (Wildman–Crippen MR) is 140 cm³/mol. The molecule has 0 aliphatic heterocycles. The average Bonchev–Trinajstić information content (AvgIpc) is 2.67. The van der Waals surface area contributed by atoms with E-state index in [9.17, 15) is 4.79 Å². The first kappa shape index (κ1) is 28.8. The standard InChI is InChI=1S/C27H39O3P.Li/c1-17(2)11-13-29-23-9-10-25(24(16-23)30-14-12-18(3)4)31-27(28)26-20(6)15-19(5)21(7)22(26)8;/h9-10,15-18,31H,11-14H2,1-8H3;. The molecule has 1 unspecified atom stereocenters. The third-order valence-corrected chi connectivity index (χ3v) is 6.86. The third kappa shape index (κ3) is 8.26. The van der Waals surface area contributed by atoms with Crippen molar-refractivity contribution in [3.8, 4) is 11.5 Å². The van der Waals surface area contributed by atoms with Gasteiger partial charge in [-0.3, -0.25) is 4.79 Å². The molecular weight excluding hydrogens is 410 g/mol. The van der Waals surface area contributed by atoms with Gasteiger partial charge in [-0.15, -0.1) is 0 Å². The van der Waals surface area contributed by atoms with Crippen LogP contribution in [0.4, 0.5) is 0 Å². The Balaban J connectivity index is 0.00000512. The second-order valence-electron chi connectivity index (χ2n) is 9.31. The first-order valence-corrected chi connectivity index (χ1v) is 12.4. The van der Waals surface area contributed by atoms with Gasteiger partial charge in [0, 0.05) is 35.8 Å². The Morgan fingerprint density at radius 2 is 1.44 bits per heavy atom. The Hall–Kier alpha value is -1.26. The molecule has 0 fully saturated rings. The zero-order valence-corrected chi connectivity index (χ0v) is 22.5. The molecule has 2 aromatic rings. The van der Waals surface area contributed by atoms with Crippen LogP contribution in [0.1, 0.15) is 73.1 Å². The molecule has 0 heterocycles. The van der Waals surface area contributed by atoms with Crippen LogP contribution in [0.2, 0.25) is 0 Å². The smallest absolute Gasteiger partial charge is 0.186 e. The molecule has 0 N–H and O–H groups in total. The van der Waals surface area contributed by atoms with Crippen LogP contribution in [-0.2, 0) is 0 Å². The van der Waals surface area contributed by atoms with Gasteiger partial charge in [0.2, 0.25) is 0 Å². The van der Waals surface area contributed by atoms with E-state index in [0.717, 1.165) is 46.3 Å². The maximum absolute atomic E-state index is 13.3. The molecule has 0 amide bonds. The third-order valence-electron chi connectivity index (χ3n) is 5.70. The monoisotopic (exact) mass is 449 g/mol. The Kier molecular flexibility index (Phi) is 12.1. The van der Waals surface area contributed by atoms with E-state index in [-0.39, 0.29) is 33.0 Å². The Morgan fingerprint density at radius 3 is 2.03 bits per heavy atom. The Bertz CT molecular complexity index is 906. The summed E-state index contributed by atoms with van der Waals surface area (Å²) in [6, 6.07) is 8.03. The molecule has 2 aromatic carbocycles. The quantitative estimate of drug-likeness (QED) is 0.289. The van der Waals surface area contributed by atoms with Crippen LogP contribution in [0.15, 0.2) is 24.3 Å². The molecule has 0 spiro atoms. The largest absolute Gasteiger partial charge is 0.493 e. The number of carbonyl (C=O) groups excluding carboxylic acids is 1. The molecule has 1 radical (unpaired) electrons. The first-order chi connectivity index (χ1) is 14.6. The summed E-state index contributed by atoms with van der Waals surface area (Å²) in [4.78, 5) is 13.3. The van der Waals surface area contributed by atoms with Crippen molar-refractivity contribution < 1.29 is 14.3 Å². The van der Waals surface area contributed by atoms with Gasteiger partial charge < -0.3 is 9.47 Å². The van der Waals surface area contributed by atoms with Gasteiger partial charge in [-0.05, 0) is 95.3 Å². The summed E-state index contributed by atoms with van der Waals surface area (Å²) in [5.41, 5.74) is 5.59. The normalized spacial score (nSPS) is 11.3. The van der Waals surface area contributed by atoms with Gasteiger partial charge in [-0.2, -0.15) is 0 Å². The van der Waals surface area contributed by atoms with Gasteiger partial charge in [-0.25, -0.2) is 0 Å². The molecule has 0 saturated carbocycles. The summed E-state index contributed by atoms with van der Waals surface area (Å²) in [5.74, 6) is 2.75. The fraction of sp³-hybridized carbons (Fsp3) is 0.519. The summed E-state index contributed by atoms with van der Waals surface area (Å²) < 4.78 is 12.1. The van der Waals surface area contributed by atoms with Crippen molar-refractivity contribution >= 4 is 38.3 Å². The fourth-order valence-corrected chi connectivity index (χ4v) is 4.64. The zero-order chi connectivity index (χ0) is 23.1. The second kappa shape index (κ2) is 13.4. The topological polar surface area (TPSA) is 35.5 Å². The fourth-order valence-electron chi connectivity index (χ4n) is 3.45. The van der Waals surface area contributed by atoms with E-state index in [0.29, 0.717) is 25.0 Å². The summed E-state index contributed by atoms with van der Waals surface area (Å²) in [5, 5.41) is 0.946. The van der Waals surface area contributed by atoms with E-state index in [4.69, 9.17) is 9.47 Å². The van der Waals surface area contributed by atoms with Crippen molar-refractivity contribution in [2.24, 2.45) is 11.8 Å². The number of benzene rings is 2. The number of carbonyl (C=O) groups is 1. The molecule has 0 aliphatic rings. The average molecular weight is 450 g/mol. The van der Waals surface area contributed by atoms with E-state index in [1.807, 2.05) is 25.1 Å². The molecule has 0 bridgehead atoms. The molecule has 2 rings (SSSR count). The number of ether oxygens (including phenoxy) is 2. The molecule has 171 valence electrons. The molecule has 1 atom stereocenters.